The summed E-state index contributed by atoms with van der Waals surface area (Å²) in [6.45, 7) is 5.58. The van der Waals surface area contributed by atoms with Crippen LogP contribution in [0.1, 0.15) is 26.2 Å². The quantitative estimate of drug-likeness (QED) is 0.397. The lowest BCUT2D eigenvalue weighted by atomic mass is 10.2. The molecule has 76 valence electrons. The smallest absolute Gasteiger partial charge is 0.181 e. The predicted molar refractivity (Wildman–Crippen MR) is 63.9 cm³/mol. The van der Waals surface area contributed by atoms with Gasteiger partial charge in [-0.1, -0.05) is 31.7 Å². The fourth-order valence-electron chi connectivity index (χ4n) is 1.49. The second kappa shape index (κ2) is 5.70. The molecule has 1 aliphatic rings. The topological polar surface area (TPSA) is 6.48 Å². The second-order valence-corrected chi connectivity index (χ2v) is 4.43. The van der Waals surface area contributed by atoms with Crippen LogP contribution < -0.4 is 0 Å². The molecule has 1 fully saturated rings. The number of rotatable bonds is 5. The molecule has 1 aliphatic heterocycles. The number of hydrogen-bond acceptors (Lipinski definition) is 2. The van der Waals surface area contributed by atoms with Crippen LogP contribution in [0.15, 0.2) is 0 Å². The third-order valence-corrected chi connectivity index (χ3v) is 3.70. The van der Waals surface area contributed by atoms with Crippen molar-refractivity contribution in [1.29, 1.82) is 0 Å². The van der Waals surface area contributed by atoms with Gasteiger partial charge in [0.15, 0.2) is 5.11 Å². The van der Waals surface area contributed by atoms with Gasteiger partial charge in [0.2, 0.25) is 0 Å². The molecule has 1 saturated heterocycles. The molecule has 0 spiro atoms. The lowest BCUT2D eigenvalue weighted by Gasteiger charge is -2.19. The summed E-state index contributed by atoms with van der Waals surface area (Å²) in [5.74, 6) is 0. The Labute approximate surface area is 90.8 Å². The fourth-order valence-corrected chi connectivity index (χ4v) is 2.52. The van der Waals surface area contributed by atoms with Crippen molar-refractivity contribution < 1.29 is 0 Å². The summed E-state index contributed by atoms with van der Waals surface area (Å²) in [6, 6.07) is 0. The zero-order valence-corrected chi connectivity index (χ0v) is 10.1. The fraction of sp³-hybridized carbons (Fsp3) is 0.889. The minimum absolute atomic E-state index is 1.03. The van der Waals surface area contributed by atoms with Crippen LogP contribution in [0, 0.1) is 0 Å². The van der Waals surface area contributed by atoms with Crippen LogP contribution in [0.25, 0.3) is 0 Å². The highest BCUT2D eigenvalue weighted by Crippen LogP contribution is 2.17. The molecule has 0 atom stereocenters. The van der Waals surface area contributed by atoms with Crippen molar-refractivity contribution in [2.75, 3.05) is 25.9 Å². The van der Waals surface area contributed by atoms with E-state index in [0.29, 0.717) is 0 Å². The Morgan fingerprint density at radius 2 is 2.15 bits per heavy atom. The maximum atomic E-state index is 5.34. The van der Waals surface area contributed by atoms with Crippen LogP contribution in [0.2, 0.25) is 0 Å². The van der Waals surface area contributed by atoms with E-state index in [1.807, 2.05) is 0 Å². The van der Waals surface area contributed by atoms with Gasteiger partial charge < -0.3 is 4.90 Å². The third kappa shape index (κ3) is 3.02. The van der Waals surface area contributed by atoms with Crippen molar-refractivity contribution in [3.63, 3.8) is 0 Å². The summed E-state index contributed by atoms with van der Waals surface area (Å²) < 4.78 is 2.20. The molecular formula is C9H18N2S2. The zero-order valence-electron chi connectivity index (χ0n) is 8.45. The van der Waals surface area contributed by atoms with Gasteiger partial charge in [0.25, 0.3) is 0 Å². The van der Waals surface area contributed by atoms with Gasteiger partial charge >= 0.3 is 0 Å². The molecule has 0 aromatic rings. The highest BCUT2D eigenvalue weighted by atomic mass is 32.2. The van der Waals surface area contributed by atoms with Gasteiger partial charge in [-0.15, -0.1) is 0 Å². The van der Waals surface area contributed by atoms with E-state index in [9.17, 15) is 0 Å². The molecule has 0 radical (unpaired) electrons. The summed E-state index contributed by atoms with van der Waals surface area (Å²) >= 11 is 7.08. The van der Waals surface area contributed by atoms with E-state index < -0.39 is 0 Å². The van der Waals surface area contributed by atoms with Crippen molar-refractivity contribution in [3.8, 4) is 0 Å². The van der Waals surface area contributed by atoms with E-state index in [2.05, 4.69) is 22.4 Å². The lowest BCUT2D eigenvalue weighted by molar-refractivity contribution is 0.446. The van der Waals surface area contributed by atoms with E-state index >= 15 is 0 Å². The standard InChI is InChI=1S/C9H18N2S2/c1-3-4-5-6-10-7-8-11(13-2)9(10)12/h3-8H2,1-2H3. The second-order valence-electron chi connectivity index (χ2n) is 3.26. The predicted octanol–water partition coefficient (Wildman–Crippen LogP) is 2.36. The molecule has 0 aromatic carbocycles. The largest absolute Gasteiger partial charge is 0.347 e. The maximum absolute atomic E-state index is 5.34. The molecule has 0 aliphatic carbocycles. The summed E-state index contributed by atoms with van der Waals surface area (Å²) in [7, 11) is 0. The summed E-state index contributed by atoms with van der Waals surface area (Å²) in [6.07, 6.45) is 5.96. The van der Waals surface area contributed by atoms with Crippen LogP contribution in [-0.2, 0) is 0 Å². The van der Waals surface area contributed by atoms with Crippen LogP contribution in [-0.4, -0.2) is 40.2 Å². The first kappa shape index (κ1) is 11.1. The Balaban J connectivity index is 2.24. The Hall–Kier alpha value is 0.0400. The van der Waals surface area contributed by atoms with Crippen molar-refractivity contribution in [1.82, 2.24) is 9.21 Å². The monoisotopic (exact) mass is 218 g/mol. The first-order valence-corrected chi connectivity index (χ1v) is 6.49. The van der Waals surface area contributed by atoms with Gasteiger partial charge in [-0.2, -0.15) is 0 Å². The molecule has 4 heteroatoms. The van der Waals surface area contributed by atoms with Crippen molar-refractivity contribution in [3.05, 3.63) is 0 Å². The molecule has 0 unspecified atom stereocenters. The first-order chi connectivity index (χ1) is 6.29. The summed E-state index contributed by atoms with van der Waals surface area (Å²) in [4.78, 5) is 2.32. The zero-order chi connectivity index (χ0) is 9.68. The Bertz CT molecular complexity index is 173. The van der Waals surface area contributed by atoms with Crippen molar-refractivity contribution in [2.45, 2.75) is 26.2 Å². The Morgan fingerprint density at radius 1 is 1.38 bits per heavy atom. The minimum Gasteiger partial charge on any atom is -0.347 e. The van der Waals surface area contributed by atoms with Gasteiger partial charge in [-0.25, -0.2) is 0 Å². The highest BCUT2D eigenvalue weighted by molar-refractivity contribution is 7.97. The van der Waals surface area contributed by atoms with Crippen LogP contribution in [0.4, 0.5) is 0 Å². The molecule has 0 saturated carbocycles. The Kier molecular flexibility index (Phi) is 4.88. The van der Waals surface area contributed by atoms with Gasteiger partial charge in [0.05, 0.1) is 0 Å². The van der Waals surface area contributed by atoms with Crippen molar-refractivity contribution >= 4 is 29.3 Å². The number of hydrogen-bond donors (Lipinski definition) is 0. The van der Waals surface area contributed by atoms with Crippen molar-refractivity contribution in [2.24, 2.45) is 0 Å². The molecule has 0 aromatic heterocycles. The molecule has 0 bridgehead atoms. The van der Waals surface area contributed by atoms with Crippen LogP contribution >= 0.6 is 24.2 Å². The van der Waals surface area contributed by atoms with E-state index in [1.54, 1.807) is 11.9 Å². The minimum atomic E-state index is 1.03. The molecule has 1 heterocycles. The summed E-state index contributed by atoms with van der Waals surface area (Å²) in [5.41, 5.74) is 0. The first-order valence-electron chi connectivity index (χ1n) is 4.90. The van der Waals surface area contributed by atoms with E-state index in [1.165, 1.54) is 19.3 Å². The number of nitrogens with zero attached hydrogens (tertiary/aromatic N) is 2. The molecule has 0 N–H and O–H groups in total. The molecule has 13 heavy (non-hydrogen) atoms. The molecule has 0 amide bonds. The van der Waals surface area contributed by atoms with Gasteiger partial charge in [-0.3, -0.25) is 4.31 Å². The van der Waals surface area contributed by atoms with Crippen LogP contribution in [0.5, 0.6) is 0 Å². The maximum Gasteiger partial charge on any atom is 0.181 e. The van der Waals surface area contributed by atoms with Gasteiger partial charge in [-0.05, 0) is 18.6 Å². The molecular weight excluding hydrogens is 200 g/mol. The van der Waals surface area contributed by atoms with Crippen LogP contribution in [0.3, 0.4) is 0 Å². The summed E-state index contributed by atoms with van der Waals surface area (Å²) in [5, 5.41) is 1.03. The number of unbranched alkanes of at least 4 members (excludes halogenated alkanes) is 2. The molecule has 2 nitrogen and oxygen atoms in total. The third-order valence-electron chi connectivity index (χ3n) is 2.31. The SMILES string of the molecule is CCCCCN1CCN(SC)C1=S. The van der Waals surface area contributed by atoms with Gasteiger partial charge in [0, 0.05) is 25.9 Å². The highest BCUT2D eigenvalue weighted by Gasteiger charge is 2.23. The van der Waals surface area contributed by atoms with E-state index in [4.69, 9.17) is 12.2 Å². The van der Waals surface area contributed by atoms with E-state index in [0.717, 1.165) is 24.7 Å². The molecule has 1 rings (SSSR count). The van der Waals surface area contributed by atoms with E-state index in [-0.39, 0.29) is 0 Å². The average molecular weight is 218 g/mol. The average Bonchev–Trinajstić information content (AvgIpc) is 2.48. The lowest BCUT2D eigenvalue weighted by Crippen LogP contribution is -2.28. The Morgan fingerprint density at radius 3 is 2.69 bits per heavy atom. The number of thiocarbonyl (C=S) groups is 1. The van der Waals surface area contributed by atoms with Gasteiger partial charge in [0.1, 0.15) is 0 Å². The normalized spacial score (nSPS) is 17.2.